The number of hydrogen-bond donors (Lipinski definition) is 1. The maximum atomic E-state index is 10.7. The van der Waals surface area contributed by atoms with Crippen LogP contribution < -0.4 is 0 Å². The molecule has 0 atom stereocenters. The van der Waals surface area contributed by atoms with Crippen LogP contribution in [0.4, 0.5) is 0 Å². The van der Waals surface area contributed by atoms with E-state index in [2.05, 4.69) is 39.0 Å². The standard InChI is InChI=1S/C15H22O2/c1-11(2)14-10-13(5-4-12(14)3)15(16)6-8-17-9-7-15/h4-5,10-11,16H,6-9H2,1-3H3. The Morgan fingerprint density at radius 3 is 2.47 bits per heavy atom. The van der Waals surface area contributed by atoms with Crippen LogP contribution in [0.5, 0.6) is 0 Å². The minimum atomic E-state index is -0.685. The van der Waals surface area contributed by atoms with Crippen LogP contribution in [0.25, 0.3) is 0 Å². The smallest absolute Gasteiger partial charge is 0.0940 e. The van der Waals surface area contributed by atoms with Gasteiger partial charge in [-0.05, 0) is 29.5 Å². The van der Waals surface area contributed by atoms with E-state index < -0.39 is 5.60 Å². The topological polar surface area (TPSA) is 29.5 Å². The Balaban J connectivity index is 2.35. The SMILES string of the molecule is Cc1ccc(C2(O)CCOCC2)cc1C(C)C. The Labute approximate surface area is 104 Å². The zero-order valence-electron chi connectivity index (χ0n) is 11.0. The van der Waals surface area contributed by atoms with Crippen molar-refractivity contribution >= 4 is 0 Å². The lowest BCUT2D eigenvalue weighted by atomic mass is 9.83. The average molecular weight is 234 g/mol. The van der Waals surface area contributed by atoms with Crippen LogP contribution in [0.3, 0.4) is 0 Å². The van der Waals surface area contributed by atoms with Crippen LogP contribution >= 0.6 is 0 Å². The van der Waals surface area contributed by atoms with Crippen molar-refractivity contribution < 1.29 is 9.84 Å². The molecule has 17 heavy (non-hydrogen) atoms. The highest BCUT2D eigenvalue weighted by molar-refractivity contribution is 5.36. The molecule has 1 fully saturated rings. The molecule has 0 bridgehead atoms. The Kier molecular flexibility index (Phi) is 3.55. The molecule has 0 radical (unpaired) electrons. The summed E-state index contributed by atoms with van der Waals surface area (Å²) in [5.74, 6) is 0.499. The highest BCUT2D eigenvalue weighted by atomic mass is 16.5. The van der Waals surface area contributed by atoms with E-state index in [4.69, 9.17) is 4.74 Å². The number of hydrogen-bond acceptors (Lipinski definition) is 2. The van der Waals surface area contributed by atoms with Crippen LogP contribution in [-0.2, 0) is 10.3 Å². The number of ether oxygens (including phenoxy) is 1. The summed E-state index contributed by atoms with van der Waals surface area (Å²) in [4.78, 5) is 0. The summed E-state index contributed by atoms with van der Waals surface area (Å²) in [6, 6.07) is 6.36. The van der Waals surface area contributed by atoms with Crippen molar-refractivity contribution in [3.63, 3.8) is 0 Å². The Bertz CT molecular complexity index is 390. The first-order valence-corrected chi connectivity index (χ1v) is 6.44. The molecule has 1 heterocycles. The molecule has 2 rings (SSSR count). The second-order valence-corrected chi connectivity index (χ2v) is 5.37. The summed E-state index contributed by atoms with van der Waals surface area (Å²) in [5, 5.41) is 10.7. The van der Waals surface area contributed by atoms with Crippen molar-refractivity contribution in [1.82, 2.24) is 0 Å². The molecule has 1 aliphatic rings. The quantitative estimate of drug-likeness (QED) is 0.852. The van der Waals surface area contributed by atoms with Crippen molar-refractivity contribution in [2.45, 2.75) is 45.1 Å². The lowest BCUT2D eigenvalue weighted by Gasteiger charge is -2.33. The fraction of sp³-hybridized carbons (Fsp3) is 0.600. The van der Waals surface area contributed by atoms with Gasteiger partial charge in [0.25, 0.3) is 0 Å². The van der Waals surface area contributed by atoms with Crippen molar-refractivity contribution in [2.75, 3.05) is 13.2 Å². The monoisotopic (exact) mass is 234 g/mol. The summed E-state index contributed by atoms with van der Waals surface area (Å²) < 4.78 is 5.33. The highest BCUT2D eigenvalue weighted by Gasteiger charge is 2.32. The molecular formula is C15H22O2. The van der Waals surface area contributed by atoms with Gasteiger partial charge < -0.3 is 9.84 Å². The van der Waals surface area contributed by atoms with E-state index in [-0.39, 0.29) is 0 Å². The van der Waals surface area contributed by atoms with Crippen LogP contribution in [-0.4, -0.2) is 18.3 Å². The first-order valence-electron chi connectivity index (χ1n) is 6.44. The van der Waals surface area contributed by atoms with E-state index >= 15 is 0 Å². The Morgan fingerprint density at radius 2 is 1.88 bits per heavy atom. The average Bonchev–Trinajstić information content (AvgIpc) is 2.30. The lowest BCUT2D eigenvalue weighted by molar-refractivity contribution is -0.0679. The van der Waals surface area contributed by atoms with Gasteiger partial charge in [0, 0.05) is 26.1 Å². The fourth-order valence-corrected chi connectivity index (χ4v) is 2.55. The van der Waals surface area contributed by atoms with Crippen LogP contribution in [0, 0.1) is 6.92 Å². The van der Waals surface area contributed by atoms with E-state index in [0.717, 1.165) is 5.56 Å². The first-order chi connectivity index (χ1) is 8.03. The van der Waals surface area contributed by atoms with E-state index in [1.54, 1.807) is 0 Å². The van der Waals surface area contributed by atoms with Gasteiger partial charge in [-0.3, -0.25) is 0 Å². The predicted molar refractivity (Wildman–Crippen MR) is 69.2 cm³/mol. The molecule has 2 nitrogen and oxygen atoms in total. The molecule has 1 aromatic rings. The first kappa shape index (κ1) is 12.6. The van der Waals surface area contributed by atoms with E-state index in [9.17, 15) is 5.11 Å². The molecule has 0 aliphatic carbocycles. The summed E-state index contributed by atoms with van der Waals surface area (Å²) in [6.07, 6.45) is 1.40. The normalized spacial score (nSPS) is 19.6. The molecule has 1 aliphatic heterocycles. The molecule has 1 aromatic carbocycles. The zero-order valence-corrected chi connectivity index (χ0v) is 11.0. The Hall–Kier alpha value is -0.860. The number of benzene rings is 1. The highest BCUT2D eigenvalue weighted by Crippen LogP contribution is 2.34. The summed E-state index contributed by atoms with van der Waals surface area (Å²) in [6.45, 7) is 7.83. The molecule has 1 N–H and O–H groups in total. The molecule has 0 aromatic heterocycles. The summed E-state index contributed by atoms with van der Waals surface area (Å²) in [7, 11) is 0. The number of rotatable bonds is 2. The van der Waals surface area contributed by atoms with Crippen molar-refractivity contribution in [3.8, 4) is 0 Å². The number of aryl methyl sites for hydroxylation is 1. The van der Waals surface area contributed by atoms with Crippen LogP contribution in [0.15, 0.2) is 18.2 Å². The van der Waals surface area contributed by atoms with Gasteiger partial charge in [0.1, 0.15) is 0 Å². The zero-order chi connectivity index (χ0) is 12.5. The van der Waals surface area contributed by atoms with E-state index in [1.165, 1.54) is 11.1 Å². The maximum Gasteiger partial charge on any atom is 0.0940 e. The second-order valence-electron chi connectivity index (χ2n) is 5.37. The third-order valence-electron chi connectivity index (χ3n) is 3.76. The molecule has 2 heteroatoms. The largest absolute Gasteiger partial charge is 0.385 e. The van der Waals surface area contributed by atoms with Gasteiger partial charge in [0.2, 0.25) is 0 Å². The van der Waals surface area contributed by atoms with E-state index in [1.807, 2.05) is 0 Å². The molecule has 1 saturated heterocycles. The molecule has 94 valence electrons. The van der Waals surface area contributed by atoms with Gasteiger partial charge in [-0.1, -0.05) is 32.0 Å². The second kappa shape index (κ2) is 4.79. The minimum absolute atomic E-state index is 0.499. The van der Waals surface area contributed by atoms with Gasteiger partial charge in [0.05, 0.1) is 5.60 Å². The third kappa shape index (κ3) is 2.53. The molecule has 0 spiro atoms. The summed E-state index contributed by atoms with van der Waals surface area (Å²) in [5.41, 5.74) is 3.01. The Morgan fingerprint density at radius 1 is 1.24 bits per heavy atom. The van der Waals surface area contributed by atoms with E-state index in [0.29, 0.717) is 32.0 Å². The van der Waals surface area contributed by atoms with Gasteiger partial charge in [-0.15, -0.1) is 0 Å². The maximum absolute atomic E-state index is 10.7. The van der Waals surface area contributed by atoms with Crippen molar-refractivity contribution in [1.29, 1.82) is 0 Å². The van der Waals surface area contributed by atoms with Gasteiger partial charge in [-0.25, -0.2) is 0 Å². The van der Waals surface area contributed by atoms with Crippen molar-refractivity contribution in [2.24, 2.45) is 0 Å². The minimum Gasteiger partial charge on any atom is -0.385 e. The molecular weight excluding hydrogens is 212 g/mol. The van der Waals surface area contributed by atoms with Crippen LogP contribution in [0.1, 0.15) is 49.3 Å². The molecule has 0 amide bonds. The summed E-state index contributed by atoms with van der Waals surface area (Å²) >= 11 is 0. The van der Waals surface area contributed by atoms with Crippen molar-refractivity contribution in [3.05, 3.63) is 34.9 Å². The van der Waals surface area contributed by atoms with Gasteiger partial charge >= 0.3 is 0 Å². The lowest BCUT2D eigenvalue weighted by Crippen LogP contribution is -2.33. The molecule has 0 saturated carbocycles. The third-order valence-corrected chi connectivity index (χ3v) is 3.76. The van der Waals surface area contributed by atoms with Gasteiger partial charge in [-0.2, -0.15) is 0 Å². The molecule has 0 unspecified atom stereocenters. The predicted octanol–water partition coefficient (Wildman–Crippen LogP) is 3.12. The van der Waals surface area contributed by atoms with Gasteiger partial charge in [0.15, 0.2) is 0 Å². The fourth-order valence-electron chi connectivity index (χ4n) is 2.55. The number of aliphatic hydroxyl groups is 1. The van der Waals surface area contributed by atoms with Crippen LogP contribution in [0.2, 0.25) is 0 Å².